The molecule has 0 aromatic heterocycles. The molecule has 0 N–H and O–H groups in total. The molecule has 2 rings (SSSR count). The van der Waals surface area contributed by atoms with E-state index in [0.29, 0.717) is 5.25 Å². The fourth-order valence-corrected chi connectivity index (χ4v) is 3.70. The normalized spacial score (nSPS) is 19.6. The van der Waals surface area contributed by atoms with Gasteiger partial charge in [-0.2, -0.15) is 11.8 Å². The molecule has 0 saturated carbocycles. The SMILES string of the molecule is C[C@H](SC1CCOCC1)c1cccc(Br)c1. The van der Waals surface area contributed by atoms with Gasteiger partial charge in [-0.05, 0) is 37.5 Å². The molecular formula is C13H17BrOS. The van der Waals surface area contributed by atoms with Gasteiger partial charge < -0.3 is 4.74 Å². The van der Waals surface area contributed by atoms with E-state index < -0.39 is 0 Å². The zero-order valence-electron chi connectivity index (χ0n) is 9.49. The fraction of sp³-hybridized carbons (Fsp3) is 0.538. The van der Waals surface area contributed by atoms with Gasteiger partial charge in [-0.25, -0.2) is 0 Å². The second-order valence-electron chi connectivity index (χ2n) is 4.15. The molecule has 1 saturated heterocycles. The molecule has 1 nitrogen and oxygen atoms in total. The van der Waals surface area contributed by atoms with E-state index in [1.54, 1.807) is 0 Å². The average molecular weight is 301 g/mol. The molecule has 1 aromatic rings. The van der Waals surface area contributed by atoms with Crippen LogP contribution < -0.4 is 0 Å². The molecule has 88 valence electrons. The number of hydrogen-bond donors (Lipinski definition) is 0. The first-order valence-electron chi connectivity index (χ1n) is 5.74. The Hall–Kier alpha value is 0.01000. The summed E-state index contributed by atoms with van der Waals surface area (Å²) in [7, 11) is 0. The van der Waals surface area contributed by atoms with Crippen LogP contribution in [0.4, 0.5) is 0 Å². The van der Waals surface area contributed by atoms with Crippen LogP contribution in [0.15, 0.2) is 28.7 Å². The molecule has 1 heterocycles. The van der Waals surface area contributed by atoms with Crippen LogP contribution in [-0.2, 0) is 4.74 Å². The van der Waals surface area contributed by atoms with E-state index in [1.807, 2.05) is 0 Å². The molecule has 3 heteroatoms. The molecule has 0 bridgehead atoms. The number of hydrogen-bond acceptors (Lipinski definition) is 2. The topological polar surface area (TPSA) is 9.23 Å². The van der Waals surface area contributed by atoms with Gasteiger partial charge in [0.25, 0.3) is 0 Å². The van der Waals surface area contributed by atoms with Crippen LogP contribution in [-0.4, -0.2) is 18.5 Å². The molecule has 0 spiro atoms. The number of halogens is 1. The average Bonchev–Trinajstić information content (AvgIpc) is 2.30. The van der Waals surface area contributed by atoms with E-state index >= 15 is 0 Å². The van der Waals surface area contributed by atoms with Crippen molar-refractivity contribution >= 4 is 27.7 Å². The third kappa shape index (κ3) is 3.51. The highest BCUT2D eigenvalue weighted by molar-refractivity contribution is 9.10. The Morgan fingerprint density at radius 2 is 2.12 bits per heavy atom. The molecule has 1 aromatic carbocycles. The molecule has 1 fully saturated rings. The summed E-state index contributed by atoms with van der Waals surface area (Å²) in [5.74, 6) is 0. The predicted molar refractivity (Wildman–Crippen MR) is 74.0 cm³/mol. The van der Waals surface area contributed by atoms with Crippen LogP contribution in [0, 0.1) is 0 Å². The van der Waals surface area contributed by atoms with Crippen LogP contribution in [0.1, 0.15) is 30.6 Å². The highest BCUT2D eigenvalue weighted by atomic mass is 79.9. The number of benzene rings is 1. The minimum atomic E-state index is 0.570. The van der Waals surface area contributed by atoms with Gasteiger partial charge in [0.2, 0.25) is 0 Å². The Morgan fingerprint density at radius 1 is 1.38 bits per heavy atom. The first kappa shape index (κ1) is 12.5. The molecule has 1 aliphatic rings. The van der Waals surface area contributed by atoms with Crippen molar-refractivity contribution in [1.82, 2.24) is 0 Å². The first-order valence-corrected chi connectivity index (χ1v) is 7.48. The number of rotatable bonds is 3. The summed E-state index contributed by atoms with van der Waals surface area (Å²) >= 11 is 5.61. The summed E-state index contributed by atoms with van der Waals surface area (Å²) in [6, 6.07) is 8.62. The second kappa shape index (κ2) is 6.08. The largest absolute Gasteiger partial charge is 0.381 e. The van der Waals surface area contributed by atoms with E-state index in [-0.39, 0.29) is 0 Å². The van der Waals surface area contributed by atoms with E-state index in [9.17, 15) is 0 Å². The van der Waals surface area contributed by atoms with E-state index in [2.05, 4.69) is 58.9 Å². The Bertz CT molecular complexity index is 336. The van der Waals surface area contributed by atoms with Gasteiger partial charge in [-0.3, -0.25) is 0 Å². The summed E-state index contributed by atoms with van der Waals surface area (Å²) in [6.07, 6.45) is 2.39. The van der Waals surface area contributed by atoms with Crippen LogP contribution in [0.3, 0.4) is 0 Å². The Morgan fingerprint density at radius 3 is 2.81 bits per heavy atom. The van der Waals surface area contributed by atoms with E-state index in [4.69, 9.17) is 4.74 Å². The maximum absolute atomic E-state index is 5.39. The minimum absolute atomic E-state index is 0.570. The van der Waals surface area contributed by atoms with Gasteiger partial charge in [0.15, 0.2) is 0 Å². The third-order valence-electron chi connectivity index (χ3n) is 2.88. The smallest absolute Gasteiger partial charge is 0.0476 e. The quantitative estimate of drug-likeness (QED) is 0.817. The molecule has 0 amide bonds. The van der Waals surface area contributed by atoms with Crippen LogP contribution in [0.25, 0.3) is 0 Å². The maximum Gasteiger partial charge on any atom is 0.0476 e. The van der Waals surface area contributed by atoms with Gasteiger partial charge in [0.1, 0.15) is 0 Å². The summed E-state index contributed by atoms with van der Waals surface area (Å²) in [4.78, 5) is 0. The molecule has 0 aliphatic carbocycles. The first-order chi connectivity index (χ1) is 7.75. The van der Waals surface area contributed by atoms with Crippen molar-refractivity contribution in [3.63, 3.8) is 0 Å². The van der Waals surface area contributed by atoms with Crippen molar-refractivity contribution in [3.05, 3.63) is 34.3 Å². The van der Waals surface area contributed by atoms with Gasteiger partial charge >= 0.3 is 0 Å². The van der Waals surface area contributed by atoms with Gasteiger partial charge in [0, 0.05) is 28.2 Å². The summed E-state index contributed by atoms with van der Waals surface area (Å²) in [5.41, 5.74) is 1.41. The third-order valence-corrected chi connectivity index (χ3v) is 4.91. The van der Waals surface area contributed by atoms with Gasteiger partial charge in [-0.15, -0.1) is 0 Å². The maximum atomic E-state index is 5.39. The zero-order valence-corrected chi connectivity index (χ0v) is 11.9. The van der Waals surface area contributed by atoms with Crippen LogP contribution >= 0.6 is 27.7 Å². The molecule has 0 unspecified atom stereocenters. The van der Waals surface area contributed by atoms with E-state index in [0.717, 1.165) is 18.5 Å². The van der Waals surface area contributed by atoms with Crippen molar-refractivity contribution in [3.8, 4) is 0 Å². The molecule has 1 atom stereocenters. The predicted octanol–water partition coefficient (Wildman–Crippen LogP) is 4.42. The van der Waals surface area contributed by atoms with E-state index in [1.165, 1.54) is 22.9 Å². The summed E-state index contributed by atoms with van der Waals surface area (Å²) in [6.45, 7) is 4.16. The molecule has 0 radical (unpaired) electrons. The number of thioether (sulfide) groups is 1. The van der Waals surface area contributed by atoms with Gasteiger partial charge in [0.05, 0.1) is 0 Å². The highest BCUT2D eigenvalue weighted by Crippen LogP contribution is 2.36. The Kier molecular flexibility index (Phi) is 4.74. The fourth-order valence-electron chi connectivity index (χ4n) is 1.94. The van der Waals surface area contributed by atoms with Crippen molar-refractivity contribution in [2.45, 2.75) is 30.3 Å². The minimum Gasteiger partial charge on any atom is -0.381 e. The van der Waals surface area contributed by atoms with Crippen molar-refractivity contribution in [2.75, 3.05) is 13.2 Å². The van der Waals surface area contributed by atoms with Crippen molar-refractivity contribution in [1.29, 1.82) is 0 Å². The summed E-state index contributed by atoms with van der Waals surface area (Å²) in [5, 5.41) is 1.34. The Balaban J connectivity index is 1.94. The highest BCUT2D eigenvalue weighted by Gasteiger charge is 2.18. The Labute approximate surface area is 110 Å². The van der Waals surface area contributed by atoms with Gasteiger partial charge in [-0.1, -0.05) is 28.1 Å². The number of ether oxygens (including phenoxy) is 1. The lowest BCUT2D eigenvalue weighted by molar-refractivity contribution is 0.0999. The second-order valence-corrected chi connectivity index (χ2v) is 6.71. The van der Waals surface area contributed by atoms with Crippen LogP contribution in [0.2, 0.25) is 0 Å². The lowest BCUT2D eigenvalue weighted by Gasteiger charge is -2.24. The van der Waals surface area contributed by atoms with Crippen LogP contribution in [0.5, 0.6) is 0 Å². The monoisotopic (exact) mass is 300 g/mol. The lowest BCUT2D eigenvalue weighted by Crippen LogP contribution is -2.18. The molecular weight excluding hydrogens is 284 g/mol. The lowest BCUT2D eigenvalue weighted by atomic mass is 10.2. The zero-order chi connectivity index (χ0) is 11.4. The van der Waals surface area contributed by atoms with Crippen molar-refractivity contribution < 1.29 is 4.74 Å². The standard InChI is InChI=1S/C13H17BrOS/c1-10(11-3-2-4-12(14)9-11)16-13-5-7-15-8-6-13/h2-4,9-10,13H,5-8H2,1H3/t10-/m0/s1. The molecule has 1 aliphatic heterocycles. The van der Waals surface area contributed by atoms with Crippen molar-refractivity contribution in [2.24, 2.45) is 0 Å². The summed E-state index contributed by atoms with van der Waals surface area (Å²) < 4.78 is 6.56. The molecule has 16 heavy (non-hydrogen) atoms.